The van der Waals surface area contributed by atoms with Gasteiger partial charge < -0.3 is 4.98 Å². The highest BCUT2D eigenvalue weighted by Crippen LogP contribution is 2.38. The van der Waals surface area contributed by atoms with Crippen molar-refractivity contribution < 1.29 is 0 Å². The van der Waals surface area contributed by atoms with Crippen LogP contribution in [-0.4, -0.2) is 9.97 Å². The minimum Gasteiger partial charge on any atom is -0.344 e. The zero-order valence-corrected chi connectivity index (χ0v) is 16.6. The summed E-state index contributed by atoms with van der Waals surface area (Å²) < 4.78 is 0. The Morgan fingerprint density at radius 3 is 2.41 bits per heavy atom. The van der Waals surface area contributed by atoms with Gasteiger partial charge in [-0.3, -0.25) is 0 Å². The maximum atomic E-state index is 6.23. The summed E-state index contributed by atoms with van der Waals surface area (Å²) in [4.78, 5) is 8.38. The Morgan fingerprint density at radius 1 is 0.724 bits per heavy atom. The summed E-state index contributed by atoms with van der Waals surface area (Å²) >= 11 is 6.23. The van der Waals surface area contributed by atoms with Gasteiger partial charge in [0.2, 0.25) is 0 Å². The molecule has 4 aromatic carbocycles. The first kappa shape index (κ1) is 16.6. The monoisotopic (exact) mass is 392 g/mol. The summed E-state index contributed by atoms with van der Waals surface area (Å²) in [6, 6.07) is 27.8. The van der Waals surface area contributed by atoms with Crippen molar-refractivity contribution >= 4 is 55.0 Å². The molecule has 138 valence electrons. The van der Waals surface area contributed by atoms with Gasteiger partial charge in [-0.25, -0.2) is 4.98 Å². The molecule has 29 heavy (non-hydrogen) atoms. The molecule has 0 aliphatic carbocycles. The summed E-state index contributed by atoms with van der Waals surface area (Å²) in [5, 5.41) is 7.74. The van der Waals surface area contributed by atoms with E-state index in [1.807, 2.05) is 12.1 Å². The third-order valence-corrected chi connectivity index (χ3v) is 5.92. The number of hydrogen-bond donors (Lipinski definition) is 1. The lowest BCUT2D eigenvalue weighted by Crippen LogP contribution is -1.87. The topological polar surface area (TPSA) is 28.7 Å². The standard InChI is InChI=1S/C26H17ClN2/c1-15-6-7-18-13-17-4-2-3-5-20(17)24(21(18)12-15)22-14-19-9-8-16-10-11-23(27)29-25(16)26(19)28-22/h2-14,29H,1H3. The lowest BCUT2D eigenvalue weighted by atomic mass is 9.94. The summed E-state index contributed by atoms with van der Waals surface area (Å²) in [5.41, 5.74) is 5.35. The maximum Gasteiger partial charge on any atom is 0.106 e. The first-order valence-electron chi connectivity index (χ1n) is 9.68. The molecule has 0 atom stereocenters. The molecule has 2 heterocycles. The average molecular weight is 393 g/mol. The van der Waals surface area contributed by atoms with E-state index in [-0.39, 0.29) is 0 Å². The predicted molar refractivity (Wildman–Crippen MR) is 124 cm³/mol. The summed E-state index contributed by atoms with van der Waals surface area (Å²) in [6.07, 6.45) is 0. The first-order chi connectivity index (χ1) is 14.2. The third-order valence-electron chi connectivity index (χ3n) is 5.69. The van der Waals surface area contributed by atoms with Crippen molar-refractivity contribution in [2.45, 2.75) is 6.92 Å². The van der Waals surface area contributed by atoms with Crippen molar-refractivity contribution in [1.82, 2.24) is 9.97 Å². The van der Waals surface area contributed by atoms with Gasteiger partial charge in [0.25, 0.3) is 0 Å². The Bertz CT molecular complexity index is 1580. The number of aromatic amines is 1. The number of rotatable bonds is 1. The number of nitrogens with zero attached hydrogens (tertiary/aromatic N) is 1. The van der Waals surface area contributed by atoms with E-state index in [1.54, 1.807) is 0 Å². The van der Waals surface area contributed by atoms with Crippen LogP contribution in [0.1, 0.15) is 5.56 Å². The molecule has 0 radical (unpaired) electrons. The van der Waals surface area contributed by atoms with E-state index < -0.39 is 0 Å². The molecular weight excluding hydrogens is 376 g/mol. The van der Waals surface area contributed by atoms with Crippen LogP contribution in [-0.2, 0) is 0 Å². The van der Waals surface area contributed by atoms with Crippen LogP contribution >= 0.6 is 11.6 Å². The number of halogens is 1. The van der Waals surface area contributed by atoms with Crippen molar-refractivity contribution in [2.75, 3.05) is 0 Å². The Balaban J connectivity index is 1.77. The molecule has 0 bridgehead atoms. The molecule has 0 aliphatic rings. The van der Waals surface area contributed by atoms with Gasteiger partial charge in [-0.05, 0) is 52.7 Å². The first-order valence-corrected chi connectivity index (χ1v) is 10.1. The number of nitrogens with one attached hydrogen (secondary N) is 1. The fourth-order valence-corrected chi connectivity index (χ4v) is 4.49. The highest BCUT2D eigenvalue weighted by atomic mass is 35.5. The Kier molecular flexibility index (Phi) is 3.47. The normalized spacial score (nSPS) is 11.8. The summed E-state index contributed by atoms with van der Waals surface area (Å²) in [6.45, 7) is 2.14. The van der Waals surface area contributed by atoms with Crippen LogP contribution in [0.4, 0.5) is 0 Å². The van der Waals surface area contributed by atoms with Crippen LogP contribution < -0.4 is 0 Å². The zero-order chi connectivity index (χ0) is 19.5. The van der Waals surface area contributed by atoms with E-state index >= 15 is 0 Å². The van der Waals surface area contributed by atoms with E-state index in [0.717, 1.165) is 27.5 Å². The molecule has 2 aromatic heterocycles. The van der Waals surface area contributed by atoms with Crippen LogP contribution in [0.2, 0.25) is 5.15 Å². The third kappa shape index (κ3) is 2.53. The van der Waals surface area contributed by atoms with Gasteiger partial charge in [0.15, 0.2) is 0 Å². The Labute approximate surface area is 172 Å². The molecule has 2 nitrogen and oxygen atoms in total. The lowest BCUT2D eigenvalue weighted by Gasteiger charge is -2.11. The highest BCUT2D eigenvalue weighted by molar-refractivity contribution is 6.30. The number of benzene rings is 4. The fraction of sp³-hybridized carbons (Fsp3) is 0.0385. The second kappa shape index (κ2) is 6.07. The van der Waals surface area contributed by atoms with Crippen LogP contribution in [0.3, 0.4) is 0 Å². The van der Waals surface area contributed by atoms with E-state index in [0.29, 0.717) is 5.15 Å². The van der Waals surface area contributed by atoms with Crippen LogP contribution in [0.15, 0.2) is 78.9 Å². The van der Waals surface area contributed by atoms with Crippen molar-refractivity contribution in [3.05, 3.63) is 89.6 Å². The van der Waals surface area contributed by atoms with E-state index in [2.05, 4.69) is 78.6 Å². The van der Waals surface area contributed by atoms with Gasteiger partial charge in [0.1, 0.15) is 5.15 Å². The molecule has 1 N–H and O–H groups in total. The van der Waals surface area contributed by atoms with Gasteiger partial charge in [-0.2, -0.15) is 0 Å². The number of pyridine rings is 1. The summed E-state index contributed by atoms with van der Waals surface area (Å²) in [5.74, 6) is 0. The highest BCUT2D eigenvalue weighted by Gasteiger charge is 2.15. The maximum absolute atomic E-state index is 6.23. The molecule has 0 amide bonds. The van der Waals surface area contributed by atoms with E-state index in [9.17, 15) is 0 Å². The molecule has 0 unspecified atom stereocenters. The minimum absolute atomic E-state index is 0.612. The van der Waals surface area contributed by atoms with Crippen LogP contribution in [0, 0.1) is 6.92 Å². The lowest BCUT2D eigenvalue weighted by molar-refractivity contribution is 1.40. The number of H-pyrrole nitrogens is 1. The minimum atomic E-state index is 0.612. The van der Waals surface area contributed by atoms with Crippen molar-refractivity contribution in [2.24, 2.45) is 0 Å². The molecule has 0 spiro atoms. The molecular formula is C26H17ClN2. The smallest absolute Gasteiger partial charge is 0.106 e. The molecule has 0 aliphatic heterocycles. The molecule has 0 fully saturated rings. The van der Waals surface area contributed by atoms with Gasteiger partial charge in [-0.1, -0.05) is 71.8 Å². The number of hydrogen-bond acceptors (Lipinski definition) is 1. The number of aryl methyl sites for hydroxylation is 1. The van der Waals surface area contributed by atoms with E-state index in [1.165, 1.54) is 32.7 Å². The Hall–Kier alpha value is -3.36. The predicted octanol–water partition coefficient (Wildman–Crippen LogP) is 7.65. The van der Waals surface area contributed by atoms with Crippen LogP contribution in [0.5, 0.6) is 0 Å². The molecule has 0 saturated heterocycles. The number of aromatic nitrogens is 2. The molecule has 0 saturated carbocycles. The average Bonchev–Trinajstić information content (AvgIpc) is 3.16. The van der Waals surface area contributed by atoms with Crippen molar-refractivity contribution in [1.29, 1.82) is 0 Å². The van der Waals surface area contributed by atoms with Gasteiger partial charge in [0, 0.05) is 16.3 Å². The molecule has 6 rings (SSSR count). The Morgan fingerprint density at radius 2 is 1.48 bits per heavy atom. The summed E-state index contributed by atoms with van der Waals surface area (Å²) in [7, 11) is 0. The largest absolute Gasteiger partial charge is 0.344 e. The zero-order valence-electron chi connectivity index (χ0n) is 15.8. The van der Waals surface area contributed by atoms with Crippen LogP contribution in [0.25, 0.3) is 54.6 Å². The SMILES string of the molecule is Cc1ccc2cc3ccccc3c(-c3cc4ccc5ccc(Cl)[nH]c5c4n3)c2c1. The number of fused-ring (bicyclic) bond motifs is 5. The van der Waals surface area contributed by atoms with Gasteiger partial charge in [-0.15, -0.1) is 0 Å². The second-order valence-corrected chi connectivity index (χ2v) is 8.02. The van der Waals surface area contributed by atoms with Gasteiger partial charge in [0.05, 0.1) is 16.7 Å². The fourth-order valence-electron chi connectivity index (χ4n) is 4.33. The van der Waals surface area contributed by atoms with Crippen molar-refractivity contribution in [3.63, 3.8) is 0 Å². The molecule has 6 aromatic rings. The van der Waals surface area contributed by atoms with Crippen molar-refractivity contribution in [3.8, 4) is 11.3 Å². The quantitative estimate of drug-likeness (QED) is 0.226. The van der Waals surface area contributed by atoms with E-state index in [4.69, 9.17) is 16.6 Å². The van der Waals surface area contributed by atoms with Gasteiger partial charge >= 0.3 is 0 Å². The second-order valence-electron chi connectivity index (χ2n) is 7.61. The molecule has 3 heteroatoms.